The number of aliphatic imine (C=N–C) groups is 1. The minimum Gasteiger partial charge on any atom is -0.339 e. The Kier molecular flexibility index (Phi) is 5.21. The van der Waals surface area contributed by atoms with E-state index >= 15 is 0 Å². The minimum atomic E-state index is 0.803. The van der Waals surface area contributed by atoms with Crippen LogP contribution in [0.3, 0.4) is 0 Å². The molecule has 0 amide bonds. The van der Waals surface area contributed by atoms with E-state index in [4.69, 9.17) is 4.99 Å². The van der Waals surface area contributed by atoms with Gasteiger partial charge in [-0.15, -0.1) is 0 Å². The molecule has 0 aliphatic carbocycles. The van der Waals surface area contributed by atoms with Gasteiger partial charge in [-0.2, -0.15) is 0 Å². The molecule has 27 heavy (non-hydrogen) atoms. The summed E-state index contributed by atoms with van der Waals surface area (Å²) in [5.74, 6) is 1.00. The molecule has 0 spiro atoms. The van der Waals surface area contributed by atoms with Crippen molar-refractivity contribution in [3.8, 4) is 0 Å². The van der Waals surface area contributed by atoms with Crippen LogP contribution in [0.4, 0.5) is 5.69 Å². The SMILES string of the molecule is CCN(CC)Cc1ccc2c3c(cccc13)C(=NCCCn1ccnc1)N2. The van der Waals surface area contributed by atoms with Crippen LogP contribution in [-0.2, 0) is 13.1 Å². The van der Waals surface area contributed by atoms with E-state index < -0.39 is 0 Å². The van der Waals surface area contributed by atoms with Crippen molar-refractivity contribution in [3.05, 3.63) is 60.2 Å². The second-order valence-corrected chi connectivity index (χ2v) is 6.97. The van der Waals surface area contributed by atoms with Crippen LogP contribution in [0.2, 0.25) is 0 Å². The molecule has 1 aliphatic heterocycles. The highest BCUT2D eigenvalue weighted by molar-refractivity contribution is 6.26. The number of nitrogens with one attached hydrogen (secondary N) is 1. The van der Waals surface area contributed by atoms with Gasteiger partial charge in [-0.25, -0.2) is 4.98 Å². The monoisotopic (exact) mass is 361 g/mol. The smallest absolute Gasteiger partial charge is 0.133 e. The summed E-state index contributed by atoms with van der Waals surface area (Å²) in [6, 6.07) is 11.0. The zero-order valence-corrected chi connectivity index (χ0v) is 16.2. The first kappa shape index (κ1) is 17.7. The molecule has 2 aromatic carbocycles. The summed E-state index contributed by atoms with van der Waals surface area (Å²) in [5, 5.41) is 6.18. The summed E-state index contributed by atoms with van der Waals surface area (Å²) in [6.07, 6.45) is 6.67. The lowest BCUT2D eigenvalue weighted by Crippen LogP contribution is -2.22. The van der Waals surface area contributed by atoms with Crippen LogP contribution < -0.4 is 5.32 Å². The summed E-state index contributed by atoms with van der Waals surface area (Å²) in [4.78, 5) is 11.4. The normalized spacial score (nSPS) is 14.4. The largest absolute Gasteiger partial charge is 0.339 e. The van der Waals surface area contributed by atoms with Crippen LogP contribution in [0.25, 0.3) is 10.8 Å². The average Bonchev–Trinajstić information content (AvgIpc) is 3.34. The van der Waals surface area contributed by atoms with Crippen LogP contribution in [0, 0.1) is 0 Å². The molecule has 0 radical (unpaired) electrons. The van der Waals surface area contributed by atoms with Gasteiger partial charge in [-0.05, 0) is 36.5 Å². The zero-order chi connectivity index (χ0) is 18.6. The highest BCUT2D eigenvalue weighted by atomic mass is 15.1. The van der Waals surface area contributed by atoms with E-state index in [9.17, 15) is 0 Å². The molecule has 3 aromatic rings. The first-order valence-corrected chi connectivity index (χ1v) is 9.84. The fourth-order valence-electron chi connectivity index (χ4n) is 3.78. The fraction of sp³-hybridized carbons (Fsp3) is 0.364. The van der Waals surface area contributed by atoms with Crippen molar-refractivity contribution >= 4 is 22.3 Å². The third-order valence-corrected chi connectivity index (χ3v) is 5.33. The summed E-state index contributed by atoms with van der Waals surface area (Å²) in [7, 11) is 0. The van der Waals surface area contributed by atoms with Crippen molar-refractivity contribution in [2.45, 2.75) is 33.4 Å². The summed E-state index contributed by atoms with van der Waals surface area (Å²) >= 11 is 0. The van der Waals surface area contributed by atoms with E-state index in [0.29, 0.717) is 0 Å². The van der Waals surface area contributed by atoms with E-state index in [-0.39, 0.29) is 0 Å². The third-order valence-electron chi connectivity index (χ3n) is 5.33. The first-order valence-electron chi connectivity index (χ1n) is 9.84. The molecule has 5 heteroatoms. The molecule has 0 unspecified atom stereocenters. The molecule has 2 heterocycles. The molecule has 1 aromatic heterocycles. The summed E-state index contributed by atoms with van der Waals surface area (Å²) in [5.41, 5.74) is 3.80. The van der Waals surface area contributed by atoms with Crippen LogP contribution >= 0.6 is 0 Å². The van der Waals surface area contributed by atoms with Gasteiger partial charge in [-0.1, -0.05) is 38.1 Å². The van der Waals surface area contributed by atoms with Crippen LogP contribution in [0.5, 0.6) is 0 Å². The predicted octanol–water partition coefficient (Wildman–Crippen LogP) is 4.14. The van der Waals surface area contributed by atoms with Gasteiger partial charge in [-0.3, -0.25) is 9.89 Å². The average molecular weight is 361 g/mol. The first-order chi connectivity index (χ1) is 13.3. The number of aryl methyl sites for hydroxylation is 1. The Hall–Kier alpha value is -2.66. The minimum absolute atomic E-state index is 0.803. The maximum absolute atomic E-state index is 4.85. The summed E-state index contributed by atoms with van der Waals surface area (Å²) < 4.78 is 2.09. The molecule has 4 rings (SSSR count). The maximum atomic E-state index is 4.85. The van der Waals surface area contributed by atoms with Gasteiger partial charge >= 0.3 is 0 Å². The highest BCUT2D eigenvalue weighted by Gasteiger charge is 2.21. The molecule has 0 saturated carbocycles. The fourth-order valence-corrected chi connectivity index (χ4v) is 3.78. The Morgan fingerprint density at radius 2 is 2.04 bits per heavy atom. The highest BCUT2D eigenvalue weighted by Crippen LogP contribution is 2.35. The van der Waals surface area contributed by atoms with Gasteiger partial charge in [0.05, 0.1) is 6.33 Å². The topological polar surface area (TPSA) is 45.5 Å². The number of rotatable bonds is 8. The van der Waals surface area contributed by atoms with Gasteiger partial charge in [0.25, 0.3) is 0 Å². The summed E-state index contributed by atoms with van der Waals surface area (Å²) in [6.45, 7) is 9.33. The Labute approximate surface area is 160 Å². The molecule has 5 nitrogen and oxygen atoms in total. The Bertz CT molecular complexity index is 939. The lowest BCUT2D eigenvalue weighted by atomic mass is 10.00. The number of nitrogens with zero attached hydrogens (tertiary/aromatic N) is 4. The number of benzene rings is 2. The van der Waals surface area contributed by atoms with Gasteiger partial charge in [0.15, 0.2) is 0 Å². The van der Waals surface area contributed by atoms with Crippen molar-refractivity contribution < 1.29 is 0 Å². The molecule has 1 aliphatic rings. The number of hydrogen-bond donors (Lipinski definition) is 1. The molecule has 0 bridgehead atoms. The number of hydrogen-bond acceptors (Lipinski definition) is 3. The van der Waals surface area contributed by atoms with E-state index in [1.54, 1.807) is 0 Å². The van der Waals surface area contributed by atoms with E-state index in [1.807, 2.05) is 18.7 Å². The van der Waals surface area contributed by atoms with Gasteiger partial charge < -0.3 is 9.88 Å². The zero-order valence-electron chi connectivity index (χ0n) is 16.2. The third kappa shape index (κ3) is 3.60. The molecule has 0 saturated heterocycles. The van der Waals surface area contributed by atoms with Crippen molar-refractivity contribution in [1.29, 1.82) is 0 Å². The van der Waals surface area contributed by atoms with Gasteiger partial charge in [0.2, 0.25) is 0 Å². The van der Waals surface area contributed by atoms with E-state index in [1.165, 1.54) is 27.6 Å². The van der Waals surface area contributed by atoms with Gasteiger partial charge in [0, 0.05) is 48.7 Å². The number of aromatic nitrogens is 2. The van der Waals surface area contributed by atoms with Crippen LogP contribution in [0.15, 0.2) is 54.0 Å². The second-order valence-electron chi connectivity index (χ2n) is 6.97. The Morgan fingerprint density at radius 3 is 2.81 bits per heavy atom. The number of amidine groups is 1. The number of anilines is 1. The quantitative estimate of drug-likeness (QED) is 0.613. The predicted molar refractivity (Wildman–Crippen MR) is 112 cm³/mol. The van der Waals surface area contributed by atoms with Crippen molar-refractivity contribution in [3.63, 3.8) is 0 Å². The molecular weight excluding hydrogens is 334 g/mol. The molecule has 1 N–H and O–H groups in total. The van der Waals surface area contributed by atoms with E-state index in [2.05, 4.69) is 63.9 Å². The number of imidazole rings is 1. The molecule has 140 valence electrons. The van der Waals surface area contributed by atoms with Gasteiger partial charge in [0.1, 0.15) is 5.84 Å². The Balaban J connectivity index is 1.56. The van der Waals surface area contributed by atoms with Crippen LogP contribution in [0.1, 0.15) is 31.4 Å². The van der Waals surface area contributed by atoms with Crippen molar-refractivity contribution in [2.24, 2.45) is 4.99 Å². The standard InChI is InChI=1S/C22H27N5/c1-3-26(4-2)15-17-9-10-20-21-18(17)7-5-8-19(21)22(25-20)24-11-6-13-27-14-12-23-16-27/h5,7-10,12,14,16H,3-4,6,11,13,15H2,1-2H3,(H,24,25). The molecular formula is C22H27N5. The molecule has 0 fully saturated rings. The molecule has 0 atom stereocenters. The Morgan fingerprint density at radius 1 is 1.15 bits per heavy atom. The van der Waals surface area contributed by atoms with Crippen molar-refractivity contribution in [1.82, 2.24) is 14.5 Å². The van der Waals surface area contributed by atoms with E-state index in [0.717, 1.165) is 45.0 Å². The lowest BCUT2D eigenvalue weighted by molar-refractivity contribution is 0.297. The second kappa shape index (κ2) is 7.92. The lowest BCUT2D eigenvalue weighted by Gasteiger charge is -2.19. The van der Waals surface area contributed by atoms with Crippen molar-refractivity contribution in [2.75, 3.05) is 25.0 Å². The van der Waals surface area contributed by atoms with Crippen LogP contribution in [-0.4, -0.2) is 39.9 Å². The maximum Gasteiger partial charge on any atom is 0.133 e.